The molecule has 1 amide bonds. The molecule has 2 rings (SSSR count). The number of hydrogen-bond donors (Lipinski definition) is 1. The molecule has 0 aromatic heterocycles. The van der Waals surface area contributed by atoms with E-state index in [9.17, 15) is 18.4 Å². The Balaban J connectivity index is 2.30. The van der Waals surface area contributed by atoms with Crippen LogP contribution in [0.1, 0.15) is 20.7 Å². The van der Waals surface area contributed by atoms with Gasteiger partial charge in [-0.05, 0) is 42.5 Å². The van der Waals surface area contributed by atoms with E-state index in [0.717, 1.165) is 23.1 Å². The lowest BCUT2D eigenvalue weighted by Gasteiger charge is -2.18. The largest absolute Gasteiger partial charge is 0.478 e. The van der Waals surface area contributed by atoms with E-state index >= 15 is 0 Å². The van der Waals surface area contributed by atoms with Crippen LogP contribution in [0.3, 0.4) is 0 Å². The Labute approximate surface area is 119 Å². The highest BCUT2D eigenvalue weighted by Crippen LogP contribution is 2.18. The highest BCUT2D eigenvalue weighted by molar-refractivity contribution is 6.06. The van der Waals surface area contributed by atoms with E-state index in [1.54, 1.807) is 0 Å². The van der Waals surface area contributed by atoms with Gasteiger partial charge in [-0.3, -0.25) is 4.79 Å². The third kappa shape index (κ3) is 3.05. The van der Waals surface area contributed by atoms with Crippen molar-refractivity contribution in [2.75, 3.05) is 11.9 Å². The molecule has 0 bridgehead atoms. The Bertz CT molecular complexity index is 699. The first-order chi connectivity index (χ1) is 9.90. The smallest absolute Gasteiger partial charge is 0.335 e. The third-order valence-electron chi connectivity index (χ3n) is 2.97. The Morgan fingerprint density at radius 2 is 1.67 bits per heavy atom. The summed E-state index contributed by atoms with van der Waals surface area (Å²) in [6.45, 7) is 0. The van der Waals surface area contributed by atoms with Gasteiger partial charge in [-0.2, -0.15) is 0 Å². The van der Waals surface area contributed by atoms with Crippen molar-refractivity contribution in [1.29, 1.82) is 0 Å². The normalized spacial score (nSPS) is 10.2. The number of carboxylic acid groups (broad SMARTS) is 1. The topological polar surface area (TPSA) is 57.6 Å². The summed E-state index contributed by atoms with van der Waals surface area (Å²) in [6.07, 6.45) is 0. The standard InChI is InChI=1S/C15H11F2NO3/c1-18(11-5-2-9(3-6-11)15(20)21)14(19)12-8-10(16)4-7-13(12)17/h2-8H,1H3,(H,20,21). The number of amides is 1. The van der Waals surface area contributed by atoms with Crippen LogP contribution in [0.15, 0.2) is 42.5 Å². The lowest BCUT2D eigenvalue weighted by atomic mass is 10.1. The van der Waals surface area contributed by atoms with Crippen LogP contribution in [-0.4, -0.2) is 24.0 Å². The van der Waals surface area contributed by atoms with Crippen molar-refractivity contribution in [3.8, 4) is 0 Å². The first-order valence-corrected chi connectivity index (χ1v) is 5.96. The summed E-state index contributed by atoms with van der Waals surface area (Å²) in [7, 11) is 1.39. The zero-order valence-corrected chi connectivity index (χ0v) is 11.0. The van der Waals surface area contributed by atoms with Crippen molar-refractivity contribution < 1.29 is 23.5 Å². The minimum absolute atomic E-state index is 0.0662. The predicted molar refractivity (Wildman–Crippen MR) is 72.5 cm³/mol. The van der Waals surface area contributed by atoms with E-state index < -0.39 is 23.5 Å². The van der Waals surface area contributed by atoms with Gasteiger partial charge >= 0.3 is 5.97 Å². The van der Waals surface area contributed by atoms with E-state index in [1.165, 1.54) is 31.3 Å². The number of benzene rings is 2. The molecule has 6 heteroatoms. The van der Waals surface area contributed by atoms with Crippen LogP contribution >= 0.6 is 0 Å². The molecule has 0 spiro atoms. The Kier molecular flexibility index (Phi) is 3.98. The molecule has 0 saturated heterocycles. The number of carboxylic acids is 1. The average molecular weight is 291 g/mol. The summed E-state index contributed by atoms with van der Waals surface area (Å²) < 4.78 is 26.7. The van der Waals surface area contributed by atoms with E-state index in [-0.39, 0.29) is 11.1 Å². The van der Waals surface area contributed by atoms with Crippen molar-refractivity contribution in [2.24, 2.45) is 0 Å². The number of halogens is 2. The summed E-state index contributed by atoms with van der Waals surface area (Å²) in [6, 6.07) is 8.10. The van der Waals surface area contributed by atoms with Gasteiger partial charge < -0.3 is 10.0 Å². The molecular weight excluding hydrogens is 280 g/mol. The van der Waals surface area contributed by atoms with Crippen molar-refractivity contribution in [2.45, 2.75) is 0 Å². The van der Waals surface area contributed by atoms with Crippen molar-refractivity contribution in [3.63, 3.8) is 0 Å². The first-order valence-electron chi connectivity index (χ1n) is 5.96. The minimum Gasteiger partial charge on any atom is -0.478 e. The Hall–Kier alpha value is -2.76. The van der Waals surface area contributed by atoms with Gasteiger partial charge in [0.15, 0.2) is 0 Å². The lowest BCUT2D eigenvalue weighted by Crippen LogP contribution is -2.27. The second-order valence-electron chi connectivity index (χ2n) is 4.34. The molecule has 0 atom stereocenters. The highest BCUT2D eigenvalue weighted by Gasteiger charge is 2.18. The molecule has 0 aliphatic rings. The number of nitrogens with zero attached hydrogens (tertiary/aromatic N) is 1. The minimum atomic E-state index is -1.09. The molecule has 0 aliphatic carbocycles. The van der Waals surface area contributed by atoms with Crippen LogP contribution in [0.25, 0.3) is 0 Å². The maximum Gasteiger partial charge on any atom is 0.335 e. The zero-order valence-electron chi connectivity index (χ0n) is 11.0. The molecule has 21 heavy (non-hydrogen) atoms. The Morgan fingerprint density at radius 1 is 1.05 bits per heavy atom. The van der Waals surface area contributed by atoms with E-state index in [4.69, 9.17) is 5.11 Å². The molecule has 2 aromatic rings. The molecule has 0 fully saturated rings. The van der Waals surface area contributed by atoms with E-state index in [1.807, 2.05) is 0 Å². The van der Waals surface area contributed by atoms with Crippen LogP contribution in [0, 0.1) is 11.6 Å². The van der Waals surface area contributed by atoms with Gasteiger partial charge in [0.05, 0.1) is 11.1 Å². The van der Waals surface area contributed by atoms with Gasteiger partial charge in [-0.1, -0.05) is 0 Å². The molecule has 4 nitrogen and oxygen atoms in total. The molecule has 1 N–H and O–H groups in total. The van der Waals surface area contributed by atoms with Crippen molar-refractivity contribution >= 4 is 17.6 Å². The van der Waals surface area contributed by atoms with Gasteiger partial charge in [-0.25, -0.2) is 13.6 Å². The van der Waals surface area contributed by atoms with Crippen LogP contribution in [0.2, 0.25) is 0 Å². The molecule has 0 radical (unpaired) electrons. The predicted octanol–water partition coefficient (Wildman–Crippen LogP) is 2.94. The maximum atomic E-state index is 13.6. The molecule has 0 unspecified atom stereocenters. The number of rotatable bonds is 3. The number of aromatic carboxylic acids is 1. The summed E-state index contributed by atoms with van der Waals surface area (Å²) in [5, 5.41) is 8.80. The SMILES string of the molecule is CN(C(=O)c1cc(F)ccc1F)c1ccc(C(=O)O)cc1. The number of carbonyl (C=O) groups excluding carboxylic acids is 1. The van der Waals surface area contributed by atoms with Crippen LogP contribution < -0.4 is 4.90 Å². The number of hydrogen-bond acceptors (Lipinski definition) is 2. The van der Waals surface area contributed by atoms with Crippen LogP contribution in [-0.2, 0) is 0 Å². The van der Waals surface area contributed by atoms with Gasteiger partial charge in [0.25, 0.3) is 5.91 Å². The molecular formula is C15H11F2NO3. The summed E-state index contributed by atoms with van der Waals surface area (Å²) in [5.74, 6) is -3.36. The first kappa shape index (κ1) is 14.6. The van der Waals surface area contributed by atoms with Gasteiger partial charge in [0.2, 0.25) is 0 Å². The van der Waals surface area contributed by atoms with Crippen LogP contribution in [0.4, 0.5) is 14.5 Å². The lowest BCUT2D eigenvalue weighted by molar-refractivity contribution is 0.0696. The number of carbonyl (C=O) groups is 2. The summed E-state index contributed by atoms with van der Waals surface area (Å²) >= 11 is 0. The molecule has 0 heterocycles. The average Bonchev–Trinajstić information content (AvgIpc) is 2.48. The zero-order chi connectivity index (χ0) is 15.6. The fourth-order valence-corrected chi connectivity index (χ4v) is 1.79. The fraction of sp³-hybridized carbons (Fsp3) is 0.0667. The van der Waals surface area contributed by atoms with E-state index in [2.05, 4.69) is 0 Å². The molecule has 2 aromatic carbocycles. The van der Waals surface area contributed by atoms with Gasteiger partial charge in [0, 0.05) is 12.7 Å². The molecule has 0 aliphatic heterocycles. The third-order valence-corrected chi connectivity index (χ3v) is 2.97. The Morgan fingerprint density at radius 3 is 2.24 bits per heavy atom. The quantitative estimate of drug-likeness (QED) is 0.946. The van der Waals surface area contributed by atoms with E-state index in [0.29, 0.717) is 5.69 Å². The number of anilines is 1. The monoisotopic (exact) mass is 291 g/mol. The van der Waals surface area contributed by atoms with Crippen molar-refractivity contribution in [3.05, 3.63) is 65.2 Å². The second kappa shape index (κ2) is 5.70. The van der Waals surface area contributed by atoms with Crippen molar-refractivity contribution in [1.82, 2.24) is 0 Å². The maximum absolute atomic E-state index is 13.6. The fourth-order valence-electron chi connectivity index (χ4n) is 1.79. The summed E-state index contributed by atoms with van der Waals surface area (Å²) in [4.78, 5) is 24.0. The summed E-state index contributed by atoms with van der Waals surface area (Å²) in [5.41, 5.74) is 0.0463. The molecule has 0 saturated carbocycles. The molecule has 108 valence electrons. The van der Waals surface area contributed by atoms with Crippen LogP contribution in [0.5, 0.6) is 0 Å². The second-order valence-corrected chi connectivity index (χ2v) is 4.34. The highest BCUT2D eigenvalue weighted by atomic mass is 19.1. The van der Waals surface area contributed by atoms with Gasteiger partial charge in [0.1, 0.15) is 11.6 Å². The van der Waals surface area contributed by atoms with Gasteiger partial charge in [-0.15, -0.1) is 0 Å².